The van der Waals surface area contributed by atoms with Gasteiger partial charge in [0.25, 0.3) is 0 Å². The van der Waals surface area contributed by atoms with Crippen molar-refractivity contribution in [1.82, 2.24) is 5.32 Å². The first-order valence-electron chi connectivity index (χ1n) is 25.1. The Kier molecular flexibility index (Phi) is 37.2. The number of allylic oxidation sites excluding steroid dienone is 1. The molecule has 1 rings (SSSR count). The fraction of sp³-hybridized carbons (Fsp3) is 0.938. The lowest BCUT2D eigenvalue weighted by molar-refractivity contribution is -0.298. The summed E-state index contributed by atoms with van der Waals surface area (Å²) in [5.41, 5.74) is 0. The van der Waals surface area contributed by atoms with Crippen LogP contribution < -0.4 is 5.32 Å². The lowest BCUT2D eigenvalue weighted by Crippen LogP contribution is -2.61. The maximum atomic E-state index is 13.1. The Morgan fingerprint density at radius 3 is 1.43 bits per heavy atom. The van der Waals surface area contributed by atoms with E-state index in [2.05, 4.69) is 23.3 Å². The third kappa shape index (κ3) is 32.2. The number of hydrogen-bond acceptors (Lipinski definition) is 10. The summed E-state index contributed by atoms with van der Waals surface area (Å²) in [5.74, 6) is -0.258. The van der Waals surface area contributed by atoms with Crippen LogP contribution in [0.4, 0.5) is 0 Å². The van der Waals surface area contributed by atoms with Gasteiger partial charge in [-0.3, -0.25) is 9.35 Å². The summed E-state index contributed by atoms with van der Waals surface area (Å²) in [6.07, 6.45) is 35.3. The molecule has 0 radical (unpaired) electrons. The summed E-state index contributed by atoms with van der Waals surface area (Å²) < 4.78 is 47.7. The first kappa shape index (κ1) is 57.9. The van der Waals surface area contributed by atoms with Gasteiger partial charge in [-0.2, -0.15) is 8.42 Å². The van der Waals surface area contributed by atoms with E-state index >= 15 is 0 Å². The maximum absolute atomic E-state index is 13.1. The van der Waals surface area contributed by atoms with Crippen molar-refractivity contribution in [1.29, 1.82) is 0 Å². The van der Waals surface area contributed by atoms with Crippen molar-refractivity contribution in [2.45, 2.75) is 275 Å². The van der Waals surface area contributed by atoms with Crippen molar-refractivity contribution in [2.24, 2.45) is 0 Å². The van der Waals surface area contributed by atoms with Gasteiger partial charge in [0.15, 0.2) is 6.29 Å². The summed E-state index contributed by atoms with van der Waals surface area (Å²) in [4.78, 5) is 13.1. The molecule has 0 saturated carbocycles. The Balaban J connectivity index is 2.47. The number of nitrogens with one attached hydrogen (secondary N) is 1. The van der Waals surface area contributed by atoms with Gasteiger partial charge in [0.1, 0.15) is 24.4 Å². The number of rotatable bonds is 43. The largest absolute Gasteiger partial charge is 0.397 e. The van der Waals surface area contributed by atoms with Gasteiger partial charge in [-0.15, -0.1) is 0 Å². The summed E-state index contributed by atoms with van der Waals surface area (Å²) in [5, 5.41) is 44.8. The van der Waals surface area contributed by atoms with Crippen LogP contribution in [0.25, 0.3) is 0 Å². The fourth-order valence-corrected chi connectivity index (χ4v) is 8.67. The Bertz CT molecular complexity index is 1140. The molecule has 1 aliphatic rings. The summed E-state index contributed by atoms with van der Waals surface area (Å²) in [6.45, 7) is 3.41. The lowest BCUT2D eigenvalue weighted by atomic mass is 9.99. The van der Waals surface area contributed by atoms with Crippen molar-refractivity contribution in [3.63, 3.8) is 0 Å². The topological polar surface area (TPSA) is 192 Å². The number of amides is 1. The lowest BCUT2D eigenvalue weighted by Gasteiger charge is -2.41. The number of hydrogen-bond donors (Lipinski definition) is 6. The molecule has 12 nitrogen and oxygen atoms in total. The summed E-state index contributed by atoms with van der Waals surface area (Å²) >= 11 is 0. The zero-order valence-corrected chi connectivity index (χ0v) is 39.6. The summed E-state index contributed by atoms with van der Waals surface area (Å²) in [7, 11) is -5.08. The van der Waals surface area contributed by atoms with Crippen molar-refractivity contribution in [3.8, 4) is 0 Å². The third-order valence-electron chi connectivity index (χ3n) is 12.1. The Labute approximate surface area is 372 Å². The van der Waals surface area contributed by atoms with Gasteiger partial charge < -0.3 is 35.2 Å². The number of ether oxygens (including phenoxy) is 2. The molecule has 61 heavy (non-hydrogen) atoms. The monoisotopic (exact) mass is 892 g/mol. The van der Waals surface area contributed by atoms with Crippen LogP contribution in [0.15, 0.2) is 12.2 Å². The predicted octanol–water partition coefficient (Wildman–Crippen LogP) is 10.3. The maximum Gasteiger partial charge on any atom is 0.397 e. The van der Waals surface area contributed by atoms with Crippen LogP contribution in [0.2, 0.25) is 0 Å². The quantitative estimate of drug-likeness (QED) is 0.0194. The second kappa shape index (κ2) is 39.2. The highest BCUT2D eigenvalue weighted by atomic mass is 32.3. The van der Waals surface area contributed by atoms with E-state index in [0.717, 1.165) is 38.5 Å². The summed E-state index contributed by atoms with van der Waals surface area (Å²) in [6, 6.07) is -0.938. The highest BCUT2D eigenvalue weighted by Crippen LogP contribution is 2.26. The second-order valence-electron chi connectivity index (χ2n) is 17.8. The number of aliphatic hydroxyl groups is 4. The van der Waals surface area contributed by atoms with E-state index in [-0.39, 0.29) is 18.9 Å². The van der Waals surface area contributed by atoms with E-state index in [1.165, 1.54) is 167 Å². The van der Waals surface area contributed by atoms with E-state index in [1.807, 2.05) is 6.08 Å². The number of carbonyl (C=O) groups excluding carboxylic acids is 1. The van der Waals surface area contributed by atoms with Gasteiger partial charge in [0, 0.05) is 6.42 Å². The van der Waals surface area contributed by atoms with Crippen LogP contribution in [-0.4, -0.2) is 95.4 Å². The highest BCUT2D eigenvalue weighted by Gasteiger charge is 2.48. The van der Waals surface area contributed by atoms with Crippen molar-refractivity contribution >= 4 is 16.3 Å². The molecular formula is C48H93NO11S. The fourth-order valence-electron chi connectivity index (χ4n) is 8.16. The zero-order chi connectivity index (χ0) is 44.8. The minimum absolute atomic E-state index is 0.258. The number of carbonyl (C=O) groups is 1. The minimum atomic E-state index is -5.08. The molecule has 0 spiro atoms. The Hall–Kier alpha value is -1.16. The van der Waals surface area contributed by atoms with Crippen LogP contribution in [0.3, 0.4) is 0 Å². The molecule has 362 valence electrons. The highest BCUT2D eigenvalue weighted by molar-refractivity contribution is 7.80. The van der Waals surface area contributed by atoms with E-state index in [9.17, 15) is 38.2 Å². The molecule has 13 heteroatoms. The first-order chi connectivity index (χ1) is 29.5. The van der Waals surface area contributed by atoms with Crippen LogP contribution in [0.5, 0.6) is 0 Å². The van der Waals surface area contributed by atoms with Gasteiger partial charge in [-0.1, -0.05) is 219 Å². The molecule has 1 aliphatic heterocycles. The van der Waals surface area contributed by atoms with Crippen LogP contribution in [-0.2, 0) is 28.9 Å². The van der Waals surface area contributed by atoms with E-state index < -0.39 is 59.9 Å². The molecule has 0 aromatic heterocycles. The van der Waals surface area contributed by atoms with E-state index in [4.69, 9.17) is 9.47 Å². The molecule has 0 bridgehead atoms. The Morgan fingerprint density at radius 1 is 0.639 bits per heavy atom. The molecule has 0 aromatic carbocycles. The molecule has 7 unspecified atom stereocenters. The molecule has 1 heterocycles. The van der Waals surface area contributed by atoms with E-state index in [0.29, 0.717) is 6.42 Å². The van der Waals surface area contributed by atoms with Gasteiger partial charge in [0.2, 0.25) is 5.91 Å². The zero-order valence-electron chi connectivity index (χ0n) is 38.7. The average Bonchev–Trinajstić information content (AvgIpc) is 3.23. The third-order valence-corrected chi connectivity index (χ3v) is 12.5. The first-order valence-corrected chi connectivity index (χ1v) is 26.4. The van der Waals surface area contributed by atoms with Crippen LogP contribution in [0.1, 0.15) is 232 Å². The standard InChI is InChI=1S/C48H93NO11S/c1-3-5-7-9-11-13-15-17-19-21-22-24-26-28-30-32-34-36-38-44(52)49-41(40-58-48-46(54)47(60-61(55,56)57)45(53)43(39-50)59-48)42(51)37-35-33-31-29-27-25-23-20-18-16-14-12-10-8-6-4-2/h35,37,41-43,45-48,50-51,53-54H,3-34,36,38-40H2,1-2H3,(H,49,52)(H,55,56,57)/b37-35+. The van der Waals surface area contributed by atoms with Crippen molar-refractivity contribution in [3.05, 3.63) is 12.2 Å². The second-order valence-corrected chi connectivity index (χ2v) is 18.8. The smallest absolute Gasteiger partial charge is 0.394 e. The molecule has 6 N–H and O–H groups in total. The van der Waals surface area contributed by atoms with Gasteiger partial charge in [0.05, 0.1) is 25.4 Å². The van der Waals surface area contributed by atoms with E-state index in [1.54, 1.807) is 6.08 Å². The minimum Gasteiger partial charge on any atom is -0.394 e. The number of aliphatic hydroxyl groups excluding tert-OH is 4. The molecule has 1 saturated heterocycles. The molecule has 1 fully saturated rings. The van der Waals surface area contributed by atoms with Crippen LogP contribution in [0, 0.1) is 0 Å². The number of unbranched alkanes of at least 4 members (excludes halogenated alkanes) is 31. The van der Waals surface area contributed by atoms with Gasteiger partial charge >= 0.3 is 10.4 Å². The van der Waals surface area contributed by atoms with Gasteiger partial charge in [-0.05, 0) is 19.3 Å². The van der Waals surface area contributed by atoms with Gasteiger partial charge in [-0.25, -0.2) is 4.18 Å². The molecular weight excluding hydrogens is 799 g/mol. The Morgan fingerprint density at radius 2 is 1.03 bits per heavy atom. The van der Waals surface area contributed by atoms with Crippen molar-refractivity contribution in [2.75, 3.05) is 13.2 Å². The normalized spacial score (nSPS) is 20.7. The molecule has 0 aliphatic carbocycles. The molecule has 7 atom stereocenters. The molecule has 1 amide bonds. The molecule has 0 aromatic rings. The van der Waals surface area contributed by atoms with Crippen molar-refractivity contribution < 1.29 is 51.8 Å². The van der Waals surface area contributed by atoms with Crippen LogP contribution >= 0.6 is 0 Å². The predicted molar refractivity (Wildman–Crippen MR) is 246 cm³/mol. The SMILES string of the molecule is CCCCCCCCCCCCCCCC/C=C/C(O)C(COC1OC(CO)C(O)C(OS(=O)(=O)O)C1O)NC(=O)CCCCCCCCCCCCCCCCCCCC. The average molecular weight is 892 g/mol.